The van der Waals surface area contributed by atoms with Crippen LogP contribution in [0, 0.1) is 17.5 Å². The third-order valence-corrected chi connectivity index (χ3v) is 2.85. The van der Waals surface area contributed by atoms with Gasteiger partial charge in [0.2, 0.25) is 5.82 Å². The molecule has 0 radical (unpaired) electrons. The first kappa shape index (κ1) is 11.3. The minimum atomic E-state index is -1.53. The van der Waals surface area contributed by atoms with Gasteiger partial charge < -0.3 is 10.4 Å². The molecule has 1 saturated heterocycles. The minimum Gasteiger partial charge on any atom is -0.503 e. The van der Waals surface area contributed by atoms with E-state index in [4.69, 9.17) is 5.11 Å². The molecule has 0 amide bonds. The van der Waals surface area contributed by atoms with E-state index in [1.54, 1.807) is 0 Å². The summed E-state index contributed by atoms with van der Waals surface area (Å²) in [6.45, 7) is 0.712. The fraction of sp³-hybridized carbons (Fsp3) is 0.455. The minimum absolute atomic E-state index is 0.00361. The fourth-order valence-electron chi connectivity index (χ4n) is 1.98. The van der Waals surface area contributed by atoms with Crippen molar-refractivity contribution in [1.29, 1.82) is 0 Å². The summed E-state index contributed by atoms with van der Waals surface area (Å²) in [4.78, 5) is 0. The number of hydrogen-bond acceptors (Lipinski definition) is 2. The van der Waals surface area contributed by atoms with E-state index in [2.05, 4.69) is 5.32 Å². The number of benzene rings is 1. The summed E-state index contributed by atoms with van der Waals surface area (Å²) in [5.41, 5.74) is -0.00361. The third-order valence-electron chi connectivity index (χ3n) is 2.85. The number of halogens is 3. The van der Waals surface area contributed by atoms with Gasteiger partial charge in [-0.05, 0) is 25.5 Å². The molecular formula is C11H12F3NO. The molecule has 1 unspecified atom stereocenters. The highest BCUT2D eigenvalue weighted by molar-refractivity contribution is 5.34. The summed E-state index contributed by atoms with van der Waals surface area (Å²) in [5.74, 6) is -5.06. The van der Waals surface area contributed by atoms with Crippen molar-refractivity contribution in [3.05, 3.63) is 29.1 Å². The van der Waals surface area contributed by atoms with Crippen molar-refractivity contribution in [1.82, 2.24) is 5.32 Å². The van der Waals surface area contributed by atoms with Gasteiger partial charge in [-0.2, -0.15) is 4.39 Å². The molecular weight excluding hydrogens is 219 g/mol. The van der Waals surface area contributed by atoms with Crippen LogP contribution in [0.3, 0.4) is 0 Å². The van der Waals surface area contributed by atoms with Gasteiger partial charge >= 0.3 is 0 Å². The molecule has 1 aromatic rings. The topological polar surface area (TPSA) is 32.3 Å². The fourth-order valence-corrected chi connectivity index (χ4v) is 1.98. The van der Waals surface area contributed by atoms with Gasteiger partial charge in [-0.25, -0.2) is 8.78 Å². The lowest BCUT2D eigenvalue weighted by Gasteiger charge is -2.24. The second kappa shape index (κ2) is 4.33. The van der Waals surface area contributed by atoms with E-state index >= 15 is 0 Å². The molecule has 1 heterocycles. The first-order valence-electron chi connectivity index (χ1n) is 5.21. The summed E-state index contributed by atoms with van der Waals surface area (Å²) < 4.78 is 39.4. The van der Waals surface area contributed by atoms with Gasteiger partial charge in [0.1, 0.15) is 0 Å². The van der Waals surface area contributed by atoms with E-state index in [1.165, 1.54) is 0 Å². The van der Waals surface area contributed by atoms with E-state index in [0.29, 0.717) is 13.0 Å². The molecule has 88 valence electrons. The van der Waals surface area contributed by atoms with Crippen molar-refractivity contribution >= 4 is 0 Å². The van der Waals surface area contributed by atoms with E-state index in [-0.39, 0.29) is 11.6 Å². The quantitative estimate of drug-likeness (QED) is 0.728. The molecule has 2 nitrogen and oxygen atoms in total. The predicted octanol–water partition coefficient (Wildman–Crippen LogP) is 2.62. The van der Waals surface area contributed by atoms with Crippen molar-refractivity contribution in [2.45, 2.75) is 25.3 Å². The Balaban J connectivity index is 2.40. The smallest absolute Gasteiger partial charge is 0.203 e. The lowest BCUT2D eigenvalue weighted by molar-refractivity contribution is 0.353. The Kier molecular flexibility index (Phi) is 3.05. The van der Waals surface area contributed by atoms with Crippen molar-refractivity contribution in [3.8, 4) is 5.75 Å². The largest absolute Gasteiger partial charge is 0.503 e. The molecule has 2 rings (SSSR count). The van der Waals surface area contributed by atoms with Crippen LogP contribution >= 0.6 is 0 Å². The molecule has 16 heavy (non-hydrogen) atoms. The highest BCUT2D eigenvalue weighted by atomic mass is 19.2. The molecule has 2 N–H and O–H groups in total. The number of piperidine rings is 1. The number of aromatic hydroxyl groups is 1. The number of nitrogens with one attached hydrogen (secondary N) is 1. The number of rotatable bonds is 1. The van der Waals surface area contributed by atoms with E-state index in [0.717, 1.165) is 18.9 Å². The molecule has 1 aromatic carbocycles. The van der Waals surface area contributed by atoms with Gasteiger partial charge in [-0.3, -0.25) is 0 Å². The van der Waals surface area contributed by atoms with Gasteiger partial charge in [0, 0.05) is 11.6 Å². The number of phenols is 1. The first-order valence-corrected chi connectivity index (χ1v) is 5.21. The SMILES string of the molecule is Oc1c(F)c(F)cc(C2CCCCN2)c1F. The van der Waals surface area contributed by atoms with Crippen LogP contribution in [0.25, 0.3) is 0 Å². The summed E-state index contributed by atoms with van der Waals surface area (Å²) >= 11 is 0. The van der Waals surface area contributed by atoms with Crippen LogP contribution in [-0.2, 0) is 0 Å². The monoisotopic (exact) mass is 231 g/mol. The molecule has 0 aromatic heterocycles. The van der Waals surface area contributed by atoms with Crippen molar-refractivity contribution in [2.24, 2.45) is 0 Å². The zero-order chi connectivity index (χ0) is 11.7. The van der Waals surface area contributed by atoms with Gasteiger partial charge in [-0.15, -0.1) is 0 Å². The lowest BCUT2D eigenvalue weighted by atomic mass is 9.96. The standard InChI is InChI=1S/C11H12F3NO/c12-7-5-6(8-3-1-2-4-15-8)9(13)11(16)10(7)14/h5,8,15-16H,1-4H2. The first-order chi connectivity index (χ1) is 7.61. The average molecular weight is 231 g/mol. The van der Waals surface area contributed by atoms with Crippen LogP contribution in [0.1, 0.15) is 30.9 Å². The number of phenolic OH excluding ortho intramolecular Hbond substituents is 1. The molecule has 0 aliphatic carbocycles. The Labute approximate surface area is 91.1 Å². The second-order valence-electron chi connectivity index (χ2n) is 3.93. The van der Waals surface area contributed by atoms with Gasteiger partial charge in [-0.1, -0.05) is 6.42 Å². The maximum absolute atomic E-state index is 13.5. The molecule has 5 heteroatoms. The molecule has 1 atom stereocenters. The zero-order valence-corrected chi connectivity index (χ0v) is 8.56. The van der Waals surface area contributed by atoms with Gasteiger partial charge in [0.25, 0.3) is 0 Å². The van der Waals surface area contributed by atoms with Crippen LogP contribution in [0.15, 0.2) is 6.07 Å². The Morgan fingerprint density at radius 2 is 1.94 bits per heavy atom. The molecule has 1 fully saturated rings. The summed E-state index contributed by atoms with van der Waals surface area (Å²) in [5, 5.41) is 12.1. The number of hydrogen-bond donors (Lipinski definition) is 2. The Bertz CT molecular complexity index is 403. The van der Waals surface area contributed by atoms with Crippen LogP contribution in [0.4, 0.5) is 13.2 Å². The Morgan fingerprint density at radius 3 is 2.56 bits per heavy atom. The molecule has 1 aliphatic rings. The predicted molar refractivity (Wildman–Crippen MR) is 52.6 cm³/mol. The maximum Gasteiger partial charge on any atom is 0.203 e. The molecule has 0 spiro atoms. The van der Waals surface area contributed by atoms with Crippen molar-refractivity contribution in [3.63, 3.8) is 0 Å². The highest BCUT2D eigenvalue weighted by Crippen LogP contribution is 2.32. The van der Waals surface area contributed by atoms with Gasteiger partial charge in [0.05, 0.1) is 0 Å². The van der Waals surface area contributed by atoms with Crippen LogP contribution in [-0.4, -0.2) is 11.7 Å². The summed E-state index contributed by atoms with van der Waals surface area (Å²) in [6.07, 6.45) is 2.53. The van der Waals surface area contributed by atoms with Crippen LogP contribution < -0.4 is 5.32 Å². The Hall–Kier alpha value is -1.23. The maximum atomic E-state index is 13.5. The van der Waals surface area contributed by atoms with Crippen LogP contribution in [0.2, 0.25) is 0 Å². The Morgan fingerprint density at radius 1 is 1.19 bits per heavy atom. The molecule has 0 saturated carbocycles. The third kappa shape index (κ3) is 1.87. The van der Waals surface area contributed by atoms with Crippen molar-refractivity contribution in [2.75, 3.05) is 6.54 Å². The molecule has 1 aliphatic heterocycles. The molecule has 0 bridgehead atoms. The zero-order valence-electron chi connectivity index (χ0n) is 8.56. The van der Waals surface area contributed by atoms with Crippen molar-refractivity contribution < 1.29 is 18.3 Å². The van der Waals surface area contributed by atoms with E-state index in [1.807, 2.05) is 0 Å². The lowest BCUT2D eigenvalue weighted by Crippen LogP contribution is -2.27. The van der Waals surface area contributed by atoms with E-state index < -0.39 is 23.2 Å². The van der Waals surface area contributed by atoms with Crippen LogP contribution in [0.5, 0.6) is 5.75 Å². The second-order valence-corrected chi connectivity index (χ2v) is 3.93. The average Bonchev–Trinajstić information content (AvgIpc) is 2.32. The summed E-state index contributed by atoms with van der Waals surface area (Å²) in [6, 6.07) is 0.461. The van der Waals surface area contributed by atoms with E-state index in [9.17, 15) is 13.2 Å². The summed E-state index contributed by atoms with van der Waals surface area (Å²) in [7, 11) is 0. The van der Waals surface area contributed by atoms with Gasteiger partial charge in [0.15, 0.2) is 17.4 Å². The highest BCUT2D eigenvalue weighted by Gasteiger charge is 2.24. The normalized spacial score (nSPS) is 21.1.